The Bertz CT molecular complexity index is 945. The number of nitrogens with zero attached hydrogens (tertiary/aromatic N) is 2. The van der Waals surface area contributed by atoms with Gasteiger partial charge in [-0.05, 0) is 68.5 Å². The van der Waals surface area contributed by atoms with Gasteiger partial charge in [0.2, 0.25) is 11.8 Å². The van der Waals surface area contributed by atoms with Gasteiger partial charge < -0.3 is 20.9 Å². The molecule has 0 radical (unpaired) electrons. The Kier molecular flexibility index (Phi) is 7.40. The normalized spacial score (nSPS) is 22.8. The lowest BCUT2D eigenvalue weighted by atomic mass is 9.86. The first kappa shape index (κ1) is 23.4. The second-order valence-electron chi connectivity index (χ2n) is 9.39. The molecule has 0 aromatic heterocycles. The van der Waals surface area contributed by atoms with Crippen molar-refractivity contribution >= 4 is 17.5 Å². The van der Waals surface area contributed by atoms with E-state index in [-0.39, 0.29) is 23.5 Å². The lowest BCUT2D eigenvalue weighted by Gasteiger charge is -2.38. The van der Waals surface area contributed by atoms with Crippen LogP contribution in [-0.2, 0) is 16.0 Å². The fraction of sp³-hybridized carbons (Fsp3) is 0.462. The number of nitrogens with two attached hydrogens (primary N) is 1. The third-order valence-electron chi connectivity index (χ3n) is 7.09. The fourth-order valence-corrected chi connectivity index (χ4v) is 5.24. The summed E-state index contributed by atoms with van der Waals surface area (Å²) in [5.41, 5.74) is 7.91. The first-order valence-corrected chi connectivity index (χ1v) is 11.8. The molecule has 2 amide bonds. The lowest BCUT2D eigenvalue weighted by molar-refractivity contribution is -0.134. The second kappa shape index (κ2) is 10.4. The first-order chi connectivity index (χ1) is 15.9. The summed E-state index contributed by atoms with van der Waals surface area (Å²) in [6.45, 7) is 2.13. The molecule has 33 heavy (non-hydrogen) atoms. The smallest absolute Gasteiger partial charge is 0.239 e. The zero-order valence-corrected chi connectivity index (χ0v) is 19.1. The minimum Gasteiger partial charge on any atom is -0.341 e. The SMILES string of the molecule is CN1CC(C(=O)Nc2ccc(F)cc2)CC1C1CCN(C(=O)C(N)Cc2ccccc2)CC1. The summed E-state index contributed by atoms with van der Waals surface area (Å²) in [4.78, 5) is 29.8. The number of anilines is 1. The Labute approximate surface area is 194 Å². The molecule has 0 aliphatic carbocycles. The van der Waals surface area contributed by atoms with Crippen molar-refractivity contribution in [2.24, 2.45) is 17.6 Å². The number of rotatable bonds is 6. The van der Waals surface area contributed by atoms with Gasteiger partial charge in [0.1, 0.15) is 5.82 Å². The van der Waals surface area contributed by atoms with Crippen LogP contribution < -0.4 is 11.1 Å². The molecule has 0 saturated carbocycles. The van der Waals surface area contributed by atoms with E-state index in [0.29, 0.717) is 43.7 Å². The molecule has 2 fully saturated rings. The summed E-state index contributed by atoms with van der Waals surface area (Å²) in [7, 11) is 2.07. The van der Waals surface area contributed by atoms with Crippen LogP contribution in [0.5, 0.6) is 0 Å². The molecule has 0 spiro atoms. The quantitative estimate of drug-likeness (QED) is 0.707. The van der Waals surface area contributed by atoms with Crippen molar-refractivity contribution in [2.75, 3.05) is 32.0 Å². The zero-order chi connectivity index (χ0) is 23.4. The Morgan fingerprint density at radius 2 is 1.76 bits per heavy atom. The summed E-state index contributed by atoms with van der Waals surface area (Å²) >= 11 is 0. The number of amides is 2. The summed E-state index contributed by atoms with van der Waals surface area (Å²) in [6, 6.07) is 15.5. The average Bonchev–Trinajstić information content (AvgIpc) is 3.22. The van der Waals surface area contributed by atoms with Crippen LogP contribution in [0.3, 0.4) is 0 Å². The van der Waals surface area contributed by atoms with Gasteiger partial charge in [0.05, 0.1) is 12.0 Å². The maximum absolute atomic E-state index is 13.1. The van der Waals surface area contributed by atoms with E-state index in [0.717, 1.165) is 24.8 Å². The van der Waals surface area contributed by atoms with Gasteiger partial charge >= 0.3 is 0 Å². The monoisotopic (exact) mass is 452 g/mol. The van der Waals surface area contributed by atoms with E-state index >= 15 is 0 Å². The molecule has 0 bridgehead atoms. The predicted molar refractivity (Wildman–Crippen MR) is 127 cm³/mol. The van der Waals surface area contributed by atoms with Crippen molar-refractivity contribution in [3.8, 4) is 0 Å². The zero-order valence-electron chi connectivity index (χ0n) is 19.1. The van der Waals surface area contributed by atoms with E-state index < -0.39 is 6.04 Å². The van der Waals surface area contributed by atoms with Crippen LogP contribution in [0.15, 0.2) is 54.6 Å². The molecule has 4 rings (SSSR count). The summed E-state index contributed by atoms with van der Waals surface area (Å²) in [6.07, 6.45) is 3.20. The molecule has 3 atom stereocenters. The molecule has 2 aliphatic rings. The summed E-state index contributed by atoms with van der Waals surface area (Å²) < 4.78 is 13.1. The van der Waals surface area contributed by atoms with Gasteiger partial charge in [0.25, 0.3) is 0 Å². The summed E-state index contributed by atoms with van der Waals surface area (Å²) in [5, 5.41) is 2.91. The Hall–Kier alpha value is -2.77. The number of nitrogens with one attached hydrogen (secondary N) is 1. The minimum absolute atomic E-state index is 0.0181. The van der Waals surface area contributed by atoms with Crippen LogP contribution in [0.2, 0.25) is 0 Å². The van der Waals surface area contributed by atoms with E-state index in [4.69, 9.17) is 5.73 Å². The molecule has 2 saturated heterocycles. The third-order valence-corrected chi connectivity index (χ3v) is 7.09. The Morgan fingerprint density at radius 1 is 1.09 bits per heavy atom. The highest BCUT2D eigenvalue weighted by molar-refractivity contribution is 5.92. The van der Waals surface area contributed by atoms with Gasteiger partial charge in [-0.2, -0.15) is 0 Å². The highest BCUT2D eigenvalue weighted by atomic mass is 19.1. The van der Waals surface area contributed by atoms with Crippen LogP contribution in [0.4, 0.5) is 10.1 Å². The van der Waals surface area contributed by atoms with Crippen LogP contribution in [0.25, 0.3) is 0 Å². The number of hydrogen-bond acceptors (Lipinski definition) is 4. The van der Waals surface area contributed by atoms with E-state index in [1.54, 1.807) is 12.1 Å². The van der Waals surface area contributed by atoms with Crippen molar-refractivity contribution in [3.05, 3.63) is 66.0 Å². The van der Waals surface area contributed by atoms with E-state index in [2.05, 4.69) is 17.3 Å². The number of hydrogen-bond donors (Lipinski definition) is 2. The van der Waals surface area contributed by atoms with Gasteiger partial charge in [0, 0.05) is 31.4 Å². The van der Waals surface area contributed by atoms with Crippen molar-refractivity contribution in [3.63, 3.8) is 0 Å². The standard InChI is InChI=1S/C26H33FN4O2/c1-30-17-20(25(32)29-22-9-7-21(27)8-10-22)16-24(30)19-11-13-31(14-12-19)26(33)23(28)15-18-5-3-2-4-6-18/h2-10,19-20,23-24H,11-17,28H2,1H3,(H,29,32). The minimum atomic E-state index is -0.516. The van der Waals surface area contributed by atoms with E-state index in [9.17, 15) is 14.0 Å². The molecular weight excluding hydrogens is 419 g/mol. The molecule has 2 aromatic rings. The largest absolute Gasteiger partial charge is 0.341 e. The van der Waals surface area contributed by atoms with Gasteiger partial charge in [0.15, 0.2) is 0 Å². The Balaban J connectivity index is 1.26. The number of benzene rings is 2. The predicted octanol–water partition coefficient (Wildman–Crippen LogP) is 2.89. The van der Waals surface area contributed by atoms with E-state index in [1.165, 1.54) is 12.1 Å². The van der Waals surface area contributed by atoms with Crippen molar-refractivity contribution in [1.29, 1.82) is 0 Å². The molecule has 6 nitrogen and oxygen atoms in total. The average molecular weight is 453 g/mol. The topological polar surface area (TPSA) is 78.7 Å². The number of piperidine rings is 1. The van der Waals surface area contributed by atoms with E-state index in [1.807, 2.05) is 35.2 Å². The van der Waals surface area contributed by atoms with Gasteiger partial charge in [-0.3, -0.25) is 9.59 Å². The Morgan fingerprint density at radius 3 is 2.42 bits per heavy atom. The molecule has 2 heterocycles. The fourth-order valence-electron chi connectivity index (χ4n) is 5.24. The van der Waals surface area contributed by atoms with Gasteiger partial charge in [-0.15, -0.1) is 0 Å². The van der Waals surface area contributed by atoms with Crippen molar-refractivity contribution in [1.82, 2.24) is 9.80 Å². The lowest BCUT2D eigenvalue weighted by Crippen LogP contribution is -2.49. The molecule has 3 N–H and O–H groups in total. The van der Waals surface area contributed by atoms with Gasteiger partial charge in [-0.1, -0.05) is 30.3 Å². The van der Waals surface area contributed by atoms with Gasteiger partial charge in [-0.25, -0.2) is 4.39 Å². The molecule has 176 valence electrons. The van der Waals surface area contributed by atoms with Crippen molar-refractivity contribution < 1.29 is 14.0 Å². The maximum atomic E-state index is 13.1. The number of halogens is 1. The third kappa shape index (κ3) is 5.78. The molecule has 2 aliphatic heterocycles. The maximum Gasteiger partial charge on any atom is 0.239 e. The second-order valence-corrected chi connectivity index (χ2v) is 9.39. The molecular formula is C26H33FN4O2. The van der Waals surface area contributed by atoms with Crippen LogP contribution >= 0.6 is 0 Å². The summed E-state index contributed by atoms with van der Waals surface area (Å²) in [5.74, 6) is 0.0422. The highest BCUT2D eigenvalue weighted by Crippen LogP contribution is 2.33. The van der Waals surface area contributed by atoms with Crippen LogP contribution in [0.1, 0.15) is 24.8 Å². The number of carbonyl (C=O) groups is 2. The van der Waals surface area contributed by atoms with Crippen LogP contribution in [-0.4, -0.2) is 60.4 Å². The highest BCUT2D eigenvalue weighted by Gasteiger charge is 2.40. The van der Waals surface area contributed by atoms with Crippen LogP contribution in [0, 0.1) is 17.7 Å². The molecule has 3 unspecified atom stereocenters. The number of carbonyl (C=O) groups excluding carboxylic acids is 2. The molecule has 2 aromatic carbocycles. The molecule has 7 heteroatoms. The van der Waals surface area contributed by atoms with Crippen molar-refractivity contribution in [2.45, 2.75) is 37.8 Å². The first-order valence-electron chi connectivity index (χ1n) is 11.8. The number of likely N-dealkylation sites (tertiary alicyclic amines) is 2.